The first kappa shape index (κ1) is 15.4. The molecule has 19 heavy (non-hydrogen) atoms. The van der Waals surface area contributed by atoms with E-state index in [1.165, 1.54) is 19.1 Å². The van der Waals surface area contributed by atoms with Crippen molar-refractivity contribution >= 4 is 17.7 Å². The smallest absolute Gasteiger partial charge is 0.446 e. The zero-order valence-corrected chi connectivity index (χ0v) is 11.0. The highest BCUT2D eigenvalue weighted by Crippen LogP contribution is 2.40. The van der Waals surface area contributed by atoms with Gasteiger partial charge >= 0.3 is 11.5 Å². The molecule has 1 aromatic rings. The molecule has 0 aliphatic heterocycles. The Morgan fingerprint density at radius 1 is 1.47 bits per heavy atom. The molecule has 0 aliphatic rings. The van der Waals surface area contributed by atoms with Crippen LogP contribution in [0, 0.1) is 18.3 Å². The average molecular weight is 289 g/mol. The lowest BCUT2D eigenvalue weighted by atomic mass is 10.1. The van der Waals surface area contributed by atoms with E-state index in [1.54, 1.807) is 13.0 Å². The molecule has 0 atom stereocenters. The summed E-state index contributed by atoms with van der Waals surface area (Å²) >= 11 is -0.427. The Bertz CT molecular complexity index is 535. The lowest BCUT2D eigenvalue weighted by molar-refractivity contribution is -0.0328. The van der Waals surface area contributed by atoms with Crippen LogP contribution in [-0.2, 0) is 4.74 Å². The number of halogens is 3. The molecule has 0 bridgehead atoms. The quantitative estimate of drug-likeness (QED) is 0.629. The molecular formula is C12H10F3NO2S. The zero-order chi connectivity index (χ0) is 14.6. The van der Waals surface area contributed by atoms with Crippen LogP contribution in [0.15, 0.2) is 17.0 Å². The number of thioether (sulfide) groups is 1. The molecular weight excluding hydrogens is 279 g/mol. The largest absolute Gasteiger partial charge is 0.462 e. The fourth-order valence-corrected chi connectivity index (χ4v) is 2.25. The number of carbonyl (C=O) groups is 1. The maximum absolute atomic E-state index is 12.5. The normalized spacial score (nSPS) is 10.9. The summed E-state index contributed by atoms with van der Waals surface area (Å²) in [5, 5.41) is 8.93. The number of nitrogens with zero attached hydrogens (tertiary/aromatic N) is 1. The van der Waals surface area contributed by atoms with Crippen molar-refractivity contribution in [3.8, 4) is 6.07 Å². The highest BCUT2D eigenvalue weighted by atomic mass is 32.2. The Morgan fingerprint density at radius 3 is 2.58 bits per heavy atom. The van der Waals surface area contributed by atoms with Gasteiger partial charge in [-0.1, -0.05) is 0 Å². The van der Waals surface area contributed by atoms with Crippen molar-refractivity contribution in [3.63, 3.8) is 0 Å². The van der Waals surface area contributed by atoms with Gasteiger partial charge in [-0.3, -0.25) is 0 Å². The van der Waals surface area contributed by atoms with E-state index in [-0.39, 0.29) is 22.6 Å². The van der Waals surface area contributed by atoms with Gasteiger partial charge in [0, 0.05) is 4.90 Å². The number of ether oxygens (including phenoxy) is 1. The second-order valence-electron chi connectivity index (χ2n) is 3.57. The lowest BCUT2D eigenvalue weighted by Crippen LogP contribution is -2.11. The highest BCUT2D eigenvalue weighted by molar-refractivity contribution is 8.00. The van der Waals surface area contributed by atoms with Gasteiger partial charge in [-0.15, -0.1) is 0 Å². The van der Waals surface area contributed by atoms with Gasteiger partial charge in [0.05, 0.1) is 17.7 Å². The third-order valence-electron chi connectivity index (χ3n) is 2.07. The minimum absolute atomic E-state index is 0.0215. The van der Waals surface area contributed by atoms with Crippen LogP contribution in [0.3, 0.4) is 0 Å². The van der Waals surface area contributed by atoms with Gasteiger partial charge < -0.3 is 4.74 Å². The molecule has 0 fully saturated rings. The van der Waals surface area contributed by atoms with E-state index in [4.69, 9.17) is 10.00 Å². The molecule has 7 heteroatoms. The maximum atomic E-state index is 12.5. The number of benzene rings is 1. The SMILES string of the molecule is CCOC(=O)c1c(C#N)cc(C)cc1SC(F)(F)F. The number of aryl methyl sites for hydroxylation is 1. The fourth-order valence-electron chi connectivity index (χ4n) is 1.46. The Hall–Kier alpha value is -1.68. The first-order valence-corrected chi connectivity index (χ1v) is 6.07. The third-order valence-corrected chi connectivity index (χ3v) is 2.85. The molecule has 0 saturated heterocycles. The van der Waals surface area contributed by atoms with E-state index in [9.17, 15) is 18.0 Å². The molecule has 0 amide bonds. The summed E-state index contributed by atoms with van der Waals surface area (Å²) in [4.78, 5) is 11.4. The first-order valence-electron chi connectivity index (χ1n) is 5.26. The number of esters is 1. The van der Waals surface area contributed by atoms with Gasteiger partial charge in [0.1, 0.15) is 6.07 Å². The summed E-state index contributed by atoms with van der Waals surface area (Å²) < 4.78 is 42.1. The van der Waals surface area contributed by atoms with Crippen molar-refractivity contribution in [3.05, 3.63) is 28.8 Å². The van der Waals surface area contributed by atoms with Crippen LogP contribution >= 0.6 is 11.8 Å². The first-order chi connectivity index (χ1) is 8.78. The molecule has 0 unspecified atom stereocenters. The van der Waals surface area contributed by atoms with E-state index in [0.29, 0.717) is 5.56 Å². The molecule has 0 aliphatic carbocycles. The molecule has 3 nitrogen and oxygen atoms in total. The van der Waals surface area contributed by atoms with Crippen molar-refractivity contribution in [2.75, 3.05) is 6.61 Å². The van der Waals surface area contributed by atoms with Crippen LogP contribution in [0.5, 0.6) is 0 Å². The standard InChI is InChI=1S/C12H10F3NO2S/c1-3-18-11(17)10-8(6-16)4-7(2)5-9(10)19-12(13,14)15/h4-5H,3H2,1-2H3. The molecule has 102 valence electrons. The van der Waals surface area contributed by atoms with Gasteiger partial charge in [-0.05, 0) is 43.3 Å². The number of rotatable bonds is 3. The van der Waals surface area contributed by atoms with Crippen LogP contribution in [0.1, 0.15) is 28.4 Å². The van der Waals surface area contributed by atoms with Gasteiger partial charge in [-0.2, -0.15) is 18.4 Å². The van der Waals surface area contributed by atoms with Gasteiger partial charge in [0.2, 0.25) is 0 Å². The predicted molar refractivity (Wildman–Crippen MR) is 63.8 cm³/mol. The van der Waals surface area contributed by atoms with Crippen LogP contribution in [0.25, 0.3) is 0 Å². The van der Waals surface area contributed by atoms with Crippen LogP contribution < -0.4 is 0 Å². The molecule has 0 saturated carbocycles. The fraction of sp³-hybridized carbons (Fsp3) is 0.333. The molecule has 1 aromatic carbocycles. The summed E-state index contributed by atoms with van der Waals surface area (Å²) in [6, 6.07) is 4.29. The summed E-state index contributed by atoms with van der Waals surface area (Å²) in [7, 11) is 0. The second-order valence-corrected chi connectivity index (χ2v) is 4.67. The Kier molecular flexibility index (Phi) is 4.84. The molecule has 0 radical (unpaired) electrons. The van der Waals surface area contributed by atoms with Crippen LogP contribution in [-0.4, -0.2) is 18.1 Å². The number of hydrogen-bond donors (Lipinski definition) is 0. The number of carbonyl (C=O) groups excluding carboxylic acids is 1. The average Bonchev–Trinajstić information content (AvgIpc) is 2.25. The van der Waals surface area contributed by atoms with E-state index >= 15 is 0 Å². The van der Waals surface area contributed by atoms with E-state index in [2.05, 4.69) is 0 Å². The zero-order valence-electron chi connectivity index (χ0n) is 10.2. The third kappa shape index (κ3) is 4.17. The minimum atomic E-state index is -4.54. The summed E-state index contributed by atoms with van der Waals surface area (Å²) in [6.45, 7) is 3.11. The lowest BCUT2D eigenvalue weighted by Gasteiger charge is -2.12. The van der Waals surface area contributed by atoms with Gasteiger partial charge in [0.15, 0.2) is 0 Å². The van der Waals surface area contributed by atoms with E-state index in [1.807, 2.05) is 0 Å². The van der Waals surface area contributed by atoms with Crippen LogP contribution in [0.4, 0.5) is 13.2 Å². The summed E-state index contributed by atoms with van der Waals surface area (Å²) in [5.74, 6) is -0.925. The van der Waals surface area contributed by atoms with Crippen molar-refractivity contribution in [1.82, 2.24) is 0 Å². The van der Waals surface area contributed by atoms with Crippen molar-refractivity contribution in [2.24, 2.45) is 0 Å². The maximum Gasteiger partial charge on any atom is 0.446 e. The Morgan fingerprint density at radius 2 is 2.11 bits per heavy atom. The van der Waals surface area contributed by atoms with Crippen molar-refractivity contribution in [2.45, 2.75) is 24.3 Å². The molecule has 0 spiro atoms. The topological polar surface area (TPSA) is 50.1 Å². The highest BCUT2D eigenvalue weighted by Gasteiger charge is 2.33. The molecule has 1 rings (SSSR count). The second kappa shape index (κ2) is 5.97. The number of hydrogen-bond acceptors (Lipinski definition) is 4. The van der Waals surface area contributed by atoms with Crippen LogP contribution in [0.2, 0.25) is 0 Å². The van der Waals surface area contributed by atoms with E-state index in [0.717, 1.165) is 0 Å². The van der Waals surface area contributed by atoms with Gasteiger partial charge in [-0.25, -0.2) is 4.79 Å². The Balaban J connectivity index is 3.38. The number of alkyl halides is 3. The van der Waals surface area contributed by atoms with Crippen molar-refractivity contribution in [1.29, 1.82) is 5.26 Å². The van der Waals surface area contributed by atoms with Gasteiger partial charge in [0.25, 0.3) is 0 Å². The monoisotopic (exact) mass is 289 g/mol. The van der Waals surface area contributed by atoms with Crippen molar-refractivity contribution < 1.29 is 22.7 Å². The Labute approximate surface area is 112 Å². The molecule has 0 heterocycles. The summed E-state index contributed by atoms with van der Waals surface area (Å²) in [5.41, 5.74) is -4.53. The van der Waals surface area contributed by atoms with E-state index < -0.39 is 23.2 Å². The number of nitriles is 1. The predicted octanol–water partition coefficient (Wildman–Crippen LogP) is 3.66. The summed E-state index contributed by atoms with van der Waals surface area (Å²) in [6.07, 6.45) is 0. The minimum Gasteiger partial charge on any atom is -0.462 e. The molecule has 0 aromatic heterocycles. The molecule has 0 N–H and O–H groups in total.